The monoisotopic (exact) mass is 798 g/mol. The van der Waals surface area contributed by atoms with E-state index in [4.69, 9.17) is 9.99 Å². The predicted octanol–water partition coefficient (Wildman–Crippen LogP) is 5.57. The normalized spacial score (nSPS) is 13.1. The van der Waals surface area contributed by atoms with Crippen LogP contribution in [0.4, 0.5) is 22.0 Å². The van der Waals surface area contributed by atoms with Crippen LogP contribution in [-0.2, 0) is 23.6 Å². The Morgan fingerprint density at radius 2 is 1.70 bits per heavy atom. The van der Waals surface area contributed by atoms with E-state index in [1.165, 1.54) is 0 Å². The third-order valence-electron chi connectivity index (χ3n) is 3.03. The van der Waals surface area contributed by atoms with Gasteiger partial charge in [0.05, 0.1) is 12.2 Å². The van der Waals surface area contributed by atoms with Gasteiger partial charge >= 0.3 is 23.4 Å². The van der Waals surface area contributed by atoms with Crippen molar-refractivity contribution in [2.24, 2.45) is 0 Å². The number of carbonyl (C=O) groups is 2. The van der Waals surface area contributed by atoms with Gasteiger partial charge in [0.25, 0.3) is 6.10 Å². The first-order chi connectivity index (χ1) is 13.8. The summed E-state index contributed by atoms with van der Waals surface area (Å²) in [4.78, 5) is 23.7. The highest BCUT2D eigenvalue weighted by atomic mass is 127. The first-order valence-electron chi connectivity index (χ1n) is 7.41. The number of alkyl halides is 5. The van der Waals surface area contributed by atoms with Gasteiger partial charge in [-0.05, 0) is 86.3 Å². The van der Waals surface area contributed by atoms with Gasteiger partial charge in [0.15, 0.2) is 0 Å². The van der Waals surface area contributed by atoms with E-state index in [1.807, 2.05) is 67.8 Å². The van der Waals surface area contributed by atoms with Crippen LogP contribution in [0.1, 0.15) is 23.2 Å². The minimum Gasteiger partial charge on any atom is -0.462 e. The zero-order valence-corrected chi connectivity index (χ0v) is 21.5. The molecule has 170 valence electrons. The van der Waals surface area contributed by atoms with Crippen LogP contribution in [0, 0.1) is 10.7 Å². The molecule has 1 aromatic carbocycles. The molecule has 7 nitrogen and oxygen atoms in total. The fraction of sp³-hybridized carbons (Fsp3) is 0.429. The van der Waals surface area contributed by atoms with Crippen molar-refractivity contribution in [2.45, 2.75) is 30.4 Å². The summed E-state index contributed by atoms with van der Waals surface area (Å²) in [5.74, 6) is -2.30. The Hall–Kier alpha value is 0.230. The van der Waals surface area contributed by atoms with E-state index in [1.54, 1.807) is 12.1 Å². The topological polar surface area (TPSA) is 91.3 Å². The molecule has 0 amide bonds. The highest BCUT2D eigenvalue weighted by Gasteiger charge is 2.60. The minimum atomic E-state index is -5.63. The third kappa shape index (κ3) is 8.64. The molecule has 1 unspecified atom stereocenters. The van der Waals surface area contributed by atoms with Crippen LogP contribution in [0.3, 0.4) is 0 Å². The number of esters is 2. The van der Waals surface area contributed by atoms with E-state index in [0.29, 0.717) is 12.7 Å². The molecule has 0 bridgehead atoms. The first kappa shape index (κ1) is 28.3. The quantitative estimate of drug-likeness (QED) is 0.0481. The molecular formula is C14H10F5I3O7S. The van der Waals surface area contributed by atoms with Crippen molar-refractivity contribution in [1.82, 2.24) is 0 Å². The van der Waals surface area contributed by atoms with Crippen molar-refractivity contribution < 1.29 is 55.6 Å². The Bertz CT molecular complexity index is 766. The Morgan fingerprint density at radius 3 is 2.27 bits per heavy atom. The Kier molecular flexibility index (Phi) is 11.7. The van der Waals surface area contributed by atoms with Gasteiger partial charge in [0.1, 0.15) is 12.0 Å². The second kappa shape index (κ2) is 12.5. The molecule has 0 fully saturated rings. The average molecular weight is 798 g/mol. The third-order valence-corrected chi connectivity index (χ3v) is 7.55. The predicted molar refractivity (Wildman–Crippen MR) is 117 cm³/mol. The number of ether oxygens (including phenoxy) is 2. The van der Waals surface area contributed by atoms with Crippen LogP contribution in [0.5, 0.6) is 0 Å². The first-order valence-corrected chi connectivity index (χ1v) is 11.4. The molecule has 0 heterocycles. The molecule has 0 aliphatic rings. The standard InChI is InChI=1S/C14H10F5I3O7S/c15-13(16,17)12(14(18,19)30-29-28-25)27-8(23)2-1-5-26-11(24)9-6(20)3-4-7(21)10(9)22/h3-4,12,25H,1-2,5H2. The van der Waals surface area contributed by atoms with Crippen molar-refractivity contribution in [2.75, 3.05) is 6.61 Å². The van der Waals surface area contributed by atoms with Gasteiger partial charge in [0, 0.05) is 17.1 Å². The largest absolute Gasteiger partial charge is 0.462 e. The molecule has 16 heteroatoms. The van der Waals surface area contributed by atoms with Gasteiger partial charge in [0.2, 0.25) is 0 Å². The van der Waals surface area contributed by atoms with Crippen LogP contribution in [0.15, 0.2) is 12.1 Å². The number of rotatable bonds is 10. The van der Waals surface area contributed by atoms with Crippen LogP contribution < -0.4 is 0 Å². The van der Waals surface area contributed by atoms with E-state index in [9.17, 15) is 31.5 Å². The molecule has 0 saturated carbocycles. The molecule has 30 heavy (non-hydrogen) atoms. The number of hydrogen-bond donors (Lipinski definition) is 1. The summed E-state index contributed by atoms with van der Waals surface area (Å²) < 4.78 is 79.6. The van der Waals surface area contributed by atoms with Gasteiger partial charge in [-0.1, -0.05) is 5.04 Å². The lowest BCUT2D eigenvalue weighted by Gasteiger charge is -2.26. The molecule has 0 spiro atoms. The molecule has 1 aromatic rings. The van der Waals surface area contributed by atoms with Crippen molar-refractivity contribution in [3.63, 3.8) is 0 Å². The van der Waals surface area contributed by atoms with Gasteiger partial charge < -0.3 is 9.47 Å². The van der Waals surface area contributed by atoms with Crippen molar-refractivity contribution in [1.29, 1.82) is 0 Å². The minimum absolute atomic E-state index is 0.263. The summed E-state index contributed by atoms with van der Waals surface area (Å²) >= 11 is 4.72. The summed E-state index contributed by atoms with van der Waals surface area (Å²) in [7, 11) is 0. The molecule has 1 N–H and O–H groups in total. The second-order valence-corrected chi connectivity index (χ2v) is 9.41. The van der Waals surface area contributed by atoms with Gasteiger partial charge in [-0.25, -0.2) is 10.1 Å². The maximum absolute atomic E-state index is 13.5. The van der Waals surface area contributed by atoms with E-state index in [0.717, 1.165) is 3.57 Å². The maximum atomic E-state index is 13.5. The van der Waals surface area contributed by atoms with Crippen LogP contribution in [0.2, 0.25) is 0 Å². The van der Waals surface area contributed by atoms with Crippen LogP contribution in [-0.4, -0.2) is 41.3 Å². The SMILES string of the molecule is O=C(CCCOC(=O)c1c(I)ccc(I)c1I)OC(C(F)(F)F)C(F)(F)SOOO. The zero-order chi connectivity index (χ0) is 23.1. The van der Waals surface area contributed by atoms with Gasteiger partial charge in [-0.3, -0.25) is 4.79 Å². The van der Waals surface area contributed by atoms with E-state index in [-0.39, 0.29) is 13.0 Å². The maximum Gasteiger partial charge on any atom is 0.432 e. The summed E-state index contributed by atoms with van der Waals surface area (Å²) in [5.41, 5.74) is 0.297. The molecular weight excluding hydrogens is 788 g/mol. The lowest BCUT2D eigenvalue weighted by molar-refractivity contribution is -0.434. The van der Waals surface area contributed by atoms with Gasteiger partial charge in [-0.15, -0.1) is 4.33 Å². The summed E-state index contributed by atoms with van der Waals surface area (Å²) in [5, 5.41) is 5.84. The second-order valence-electron chi connectivity index (χ2n) is 5.16. The molecule has 0 aliphatic carbocycles. The Morgan fingerprint density at radius 1 is 1.10 bits per heavy atom. The average Bonchev–Trinajstić information content (AvgIpc) is 2.64. The highest BCUT2D eigenvalue weighted by Crippen LogP contribution is 2.42. The number of benzene rings is 1. The summed E-state index contributed by atoms with van der Waals surface area (Å²) in [6.45, 7) is -0.352. The summed E-state index contributed by atoms with van der Waals surface area (Å²) in [6.07, 6.45) is -10.5. The molecule has 1 atom stereocenters. The molecule has 0 aromatic heterocycles. The zero-order valence-electron chi connectivity index (χ0n) is 14.2. The van der Waals surface area contributed by atoms with E-state index < -0.39 is 47.9 Å². The smallest absolute Gasteiger partial charge is 0.432 e. The summed E-state index contributed by atoms with van der Waals surface area (Å²) in [6, 6.07) is 3.49. The van der Waals surface area contributed by atoms with Crippen LogP contribution >= 0.6 is 79.8 Å². The van der Waals surface area contributed by atoms with Crippen LogP contribution in [0.25, 0.3) is 0 Å². The fourth-order valence-corrected chi connectivity index (χ4v) is 4.50. The van der Waals surface area contributed by atoms with Gasteiger partial charge in [-0.2, -0.15) is 22.0 Å². The van der Waals surface area contributed by atoms with Crippen molar-refractivity contribution >= 4 is 91.8 Å². The molecule has 1 rings (SSSR count). The van der Waals surface area contributed by atoms with E-state index in [2.05, 4.69) is 14.1 Å². The van der Waals surface area contributed by atoms with Crippen molar-refractivity contribution in [3.8, 4) is 0 Å². The number of hydrogen-bond acceptors (Lipinski definition) is 8. The Labute approximate surface area is 211 Å². The molecule has 0 radical (unpaired) electrons. The Balaban J connectivity index is 2.61. The fourth-order valence-electron chi connectivity index (χ4n) is 1.79. The lowest BCUT2D eigenvalue weighted by atomic mass is 10.2. The van der Waals surface area contributed by atoms with Crippen molar-refractivity contribution in [3.05, 3.63) is 28.4 Å². The van der Waals surface area contributed by atoms with E-state index >= 15 is 0 Å². The number of carbonyl (C=O) groups excluding carboxylic acids is 2. The lowest BCUT2D eigenvalue weighted by Crippen LogP contribution is -2.46. The number of halogens is 8. The molecule has 0 saturated heterocycles. The highest BCUT2D eigenvalue weighted by molar-refractivity contribution is 14.1. The molecule has 0 aliphatic heterocycles.